The summed E-state index contributed by atoms with van der Waals surface area (Å²) in [5, 5.41) is 23.3. The predicted molar refractivity (Wildman–Crippen MR) is 117 cm³/mol. The van der Waals surface area contributed by atoms with E-state index in [1.54, 1.807) is 18.4 Å². The van der Waals surface area contributed by atoms with Gasteiger partial charge in [0.15, 0.2) is 11.6 Å². The van der Waals surface area contributed by atoms with Gasteiger partial charge in [0.1, 0.15) is 5.60 Å². The van der Waals surface area contributed by atoms with Crippen molar-refractivity contribution in [3.63, 3.8) is 0 Å². The van der Waals surface area contributed by atoms with Crippen LogP contribution in [0.4, 0.5) is 0 Å². The van der Waals surface area contributed by atoms with Gasteiger partial charge in [-0.15, -0.1) is 0 Å². The molecule has 3 saturated carbocycles. The summed E-state index contributed by atoms with van der Waals surface area (Å²) in [5.41, 5.74) is -2.19. The van der Waals surface area contributed by atoms with Crippen LogP contribution in [0, 0.1) is 34.5 Å². The van der Waals surface area contributed by atoms with E-state index in [1.165, 1.54) is 18.9 Å². The fourth-order valence-electron chi connectivity index (χ4n) is 7.53. The molecule has 4 aliphatic rings. The van der Waals surface area contributed by atoms with Crippen LogP contribution < -0.4 is 0 Å². The highest BCUT2D eigenvalue weighted by Crippen LogP contribution is 2.68. The van der Waals surface area contributed by atoms with Crippen LogP contribution >= 0.6 is 11.8 Å². The van der Waals surface area contributed by atoms with Gasteiger partial charge in [0.25, 0.3) is 0 Å². The van der Waals surface area contributed by atoms with Gasteiger partial charge in [0.05, 0.1) is 24.9 Å². The van der Waals surface area contributed by atoms with Crippen LogP contribution in [0.5, 0.6) is 0 Å². The van der Waals surface area contributed by atoms with E-state index in [2.05, 4.69) is 6.92 Å². The molecular weight excluding hydrogens is 416 g/mol. The van der Waals surface area contributed by atoms with Gasteiger partial charge in [0, 0.05) is 16.7 Å². The second-order valence-electron chi connectivity index (χ2n) is 10.1. The quantitative estimate of drug-likeness (QED) is 0.637. The van der Waals surface area contributed by atoms with Gasteiger partial charge in [0.2, 0.25) is 0 Å². The van der Waals surface area contributed by atoms with E-state index in [4.69, 9.17) is 4.74 Å². The van der Waals surface area contributed by atoms with Crippen LogP contribution in [0.15, 0.2) is 23.8 Å². The Balaban J connectivity index is 1.80. The number of ether oxygens (including phenoxy) is 1. The number of carbonyl (C=O) groups is 3. The Hall–Kier alpha value is -1.44. The number of rotatable bonds is 4. The first-order valence-corrected chi connectivity index (χ1v) is 12.4. The third-order valence-electron chi connectivity index (χ3n) is 8.94. The lowest BCUT2D eigenvalue weighted by Crippen LogP contribution is -2.63. The first kappa shape index (κ1) is 22.7. The summed E-state index contributed by atoms with van der Waals surface area (Å²) in [4.78, 5) is 37.9. The molecule has 0 heterocycles. The summed E-state index contributed by atoms with van der Waals surface area (Å²) in [7, 11) is 1.28. The van der Waals surface area contributed by atoms with Crippen LogP contribution in [-0.2, 0) is 19.1 Å². The molecule has 7 heteroatoms. The summed E-state index contributed by atoms with van der Waals surface area (Å²) in [6, 6.07) is 0. The molecule has 4 aliphatic carbocycles. The number of aliphatic hydroxyl groups is 2. The number of fused-ring (bicyclic) bond motifs is 5. The first-order chi connectivity index (χ1) is 14.5. The summed E-state index contributed by atoms with van der Waals surface area (Å²) in [6.45, 7) is 3.94. The van der Waals surface area contributed by atoms with E-state index in [0.29, 0.717) is 6.42 Å². The van der Waals surface area contributed by atoms with Crippen molar-refractivity contribution < 1.29 is 29.3 Å². The highest BCUT2D eigenvalue weighted by molar-refractivity contribution is 7.99. The van der Waals surface area contributed by atoms with Crippen molar-refractivity contribution in [2.75, 3.05) is 19.1 Å². The van der Waals surface area contributed by atoms with Crippen LogP contribution in [0.3, 0.4) is 0 Å². The molecule has 31 heavy (non-hydrogen) atoms. The number of thioether (sulfide) groups is 1. The minimum Gasteiger partial charge on any atom is -0.469 e. The molecule has 0 spiro atoms. The van der Waals surface area contributed by atoms with E-state index < -0.39 is 34.4 Å². The van der Waals surface area contributed by atoms with E-state index in [-0.39, 0.29) is 41.5 Å². The summed E-state index contributed by atoms with van der Waals surface area (Å²) < 4.78 is 5.01. The Labute approximate surface area is 187 Å². The molecule has 4 rings (SSSR count). The zero-order chi connectivity index (χ0) is 22.8. The SMILES string of the molecule is COC(=O)C1C[C@H]2[C@@H]3CCC4=CC(=O)C=C[C@]4(C)[C@H]3C(O)C[C@]2(C)[C@@]1(O)C(=O)CSC. The van der Waals surface area contributed by atoms with Gasteiger partial charge in [-0.3, -0.25) is 14.4 Å². The molecule has 0 saturated heterocycles. The average molecular weight is 449 g/mol. The van der Waals surface area contributed by atoms with Gasteiger partial charge in [-0.1, -0.05) is 25.5 Å². The minimum atomic E-state index is -1.87. The molecule has 0 aromatic heterocycles. The zero-order valence-electron chi connectivity index (χ0n) is 18.6. The second-order valence-corrected chi connectivity index (χ2v) is 11.0. The van der Waals surface area contributed by atoms with Crippen LogP contribution in [0.2, 0.25) is 0 Å². The number of ketones is 2. The Kier molecular flexibility index (Phi) is 5.55. The maximum atomic E-state index is 13.2. The molecule has 0 amide bonds. The molecule has 0 aromatic carbocycles. The Morgan fingerprint density at radius 2 is 2.03 bits per heavy atom. The molecule has 0 aliphatic heterocycles. The monoisotopic (exact) mass is 448 g/mol. The van der Waals surface area contributed by atoms with Crippen LogP contribution in [0.25, 0.3) is 0 Å². The Bertz CT molecular complexity index is 879. The van der Waals surface area contributed by atoms with Gasteiger partial charge >= 0.3 is 5.97 Å². The number of carbonyl (C=O) groups excluding carboxylic acids is 3. The van der Waals surface area contributed by atoms with Crippen molar-refractivity contribution in [2.24, 2.45) is 34.5 Å². The maximum Gasteiger partial charge on any atom is 0.312 e. The van der Waals surface area contributed by atoms with Crippen molar-refractivity contribution >= 4 is 29.3 Å². The number of hydrogen-bond donors (Lipinski definition) is 2. The van der Waals surface area contributed by atoms with E-state index in [1.807, 2.05) is 13.0 Å². The van der Waals surface area contributed by atoms with Gasteiger partial charge in [-0.05, 0) is 55.9 Å². The number of aliphatic hydroxyl groups excluding tert-OH is 1. The highest BCUT2D eigenvalue weighted by atomic mass is 32.2. The molecule has 6 nitrogen and oxygen atoms in total. The van der Waals surface area contributed by atoms with Crippen LogP contribution in [0.1, 0.15) is 39.5 Å². The Morgan fingerprint density at radius 3 is 2.68 bits per heavy atom. The molecular formula is C24H32O6S. The number of Topliss-reactive ketones (excluding diaryl/α,β-unsaturated/α-hetero) is 1. The molecule has 0 aromatic rings. The molecule has 0 bridgehead atoms. The summed E-state index contributed by atoms with van der Waals surface area (Å²) >= 11 is 1.32. The summed E-state index contributed by atoms with van der Waals surface area (Å²) in [6.07, 6.45) is 8.31. The molecule has 0 radical (unpaired) electrons. The number of methoxy groups -OCH3 is 1. The van der Waals surface area contributed by atoms with Crippen molar-refractivity contribution in [3.8, 4) is 0 Å². The molecule has 3 fully saturated rings. The van der Waals surface area contributed by atoms with E-state index >= 15 is 0 Å². The molecule has 8 atom stereocenters. The number of esters is 1. The first-order valence-electron chi connectivity index (χ1n) is 11.0. The van der Waals surface area contributed by atoms with Gasteiger partial charge in [-0.25, -0.2) is 0 Å². The van der Waals surface area contributed by atoms with Gasteiger partial charge in [-0.2, -0.15) is 11.8 Å². The van der Waals surface area contributed by atoms with Crippen LogP contribution in [-0.4, -0.2) is 58.6 Å². The molecule has 2 N–H and O–H groups in total. The number of allylic oxidation sites excluding steroid dienone is 4. The summed E-state index contributed by atoms with van der Waals surface area (Å²) in [5.74, 6) is -2.00. The van der Waals surface area contributed by atoms with Gasteiger partial charge < -0.3 is 14.9 Å². The van der Waals surface area contributed by atoms with Crippen molar-refractivity contribution in [1.29, 1.82) is 0 Å². The lowest BCUT2D eigenvalue weighted by atomic mass is 9.46. The lowest BCUT2D eigenvalue weighted by molar-refractivity contribution is -0.187. The van der Waals surface area contributed by atoms with Crippen molar-refractivity contribution in [2.45, 2.75) is 51.2 Å². The maximum absolute atomic E-state index is 13.2. The smallest absolute Gasteiger partial charge is 0.312 e. The third kappa shape index (κ3) is 2.96. The van der Waals surface area contributed by atoms with E-state index in [9.17, 15) is 24.6 Å². The predicted octanol–water partition coefficient (Wildman–Crippen LogP) is 2.33. The Morgan fingerprint density at radius 1 is 1.32 bits per heavy atom. The third-order valence-corrected chi connectivity index (χ3v) is 9.49. The zero-order valence-corrected chi connectivity index (χ0v) is 19.4. The fraction of sp³-hybridized carbons (Fsp3) is 0.708. The van der Waals surface area contributed by atoms with Crippen molar-refractivity contribution in [3.05, 3.63) is 23.8 Å². The minimum absolute atomic E-state index is 0.0234. The largest absolute Gasteiger partial charge is 0.469 e. The average Bonchev–Trinajstić information content (AvgIpc) is 2.96. The second kappa shape index (κ2) is 7.56. The topological polar surface area (TPSA) is 101 Å². The van der Waals surface area contributed by atoms with Crippen molar-refractivity contribution in [1.82, 2.24) is 0 Å². The molecule has 2 unspecified atom stereocenters. The standard InChI is InChI=1S/C24H32O6S/c1-22-8-7-14(25)9-13(22)5-6-15-16-10-17(21(28)30-3)24(29,19(27)12-31-4)23(16,2)11-18(26)20(15)22/h7-9,15-18,20,26,29H,5-6,10-12H2,1-4H3/t15-,16-,17?,18?,20+,22-,23-,24-/m0/s1. The van der Waals surface area contributed by atoms with E-state index in [0.717, 1.165) is 18.4 Å². The number of hydrogen-bond acceptors (Lipinski definition) is 7. The highest BCUT2D eigenvalue weighted by Gasteiger charge is 2.72. The fourth-order valence-corrected chi connectivity index (χ4v) is 8.01. The normalized spacial score (nSPS) is 45.9. The molecule has 170 valence electrons. The lowest BCUT2D eigenvalue weighted by Gasteiger charge is -2.59.